The zero-order chi connectivity index (χ0) is 20.9. The lowest BCUT2D eigenvalue weighted by molar-refractivity contribution is -0.274. The van der Waals surface area contributed by atoms with Crippen LogP contribution in [0.4, 0.5) is 18.0 Å². The van der Waals surface area contributed by atoms with Gasteiger partial charge in [0.15, 0.2) is 0 Å². The first-order valence-corrected chi connectivity index (χ1v) is 9.17. The smallest absolute Gasteiger partial charge is 0.444 e. The molecule has 0 aromatic heterocycles. The highest BCUT2D eigenvalue weighted by Crippen LogP contribution is 2.26. The molecule has 0 aliphatic carbocycles. The third-order valence-corrected chi connectivity index (χ3v) is 4.09. The number of alkyl halides is 3. The molecule has 1 aromatic rings. The van der Waals surface area contributed by atoms with Gasteiger partial charge in [-0.15, -0.1) is 13.2 Å². The van der Waals surface area contributed by atoms with Gasteiger partial charge in [-0.25, -0.2) is 4.79 Å². The number of piperidine rings is 1. The van der Waals surface area contributed by atoms with E-state index in [2.05, 4.69) is 21.5 Å². The van der Waals surface area contributed by atoms with E-state index < -0.39 is 18.1 Å². The van der Waals surface area contributed by atoms with E-state index >= 15 is 0 Å². The molecule has 0 radical (unpaired) electrons. The van der Waals surface area contributed by atoms with E-state index in [0.717, 1.165) is 19.4 Å². The van der Waals surface area contributed by atoms with Gasteiger partial charge in [0.2, 0.25) is 0 Å². The molecular formula is C20H27F3N2O3. The van der Waals surface area contributed by atoms with Gasteiger partial charge in [0.1, 0.15) is 11.4 Å². The lowest BCUT2D eigenvalue weighted by Crippen LogP contribution is -2.48. The molecule has 1 unspecified atom stereocenters. The van der Waals surface area contributed by atoms with Crippen LogP contribution in [-0.4, -0.2) is 42.1 Å². The SMILES string of the molecule is C=Cc1cc(CN2CCCC(NC(=O)OC(C)(C)C)C2)cc(OC(F)(F)F)c1. The standard InChI is InChI=1S/C20H27F3N2O3/c1-5-14-9-15(11-17(10-14)27-20(21,22)23)12-25-8-6-7-16(13-25)24-18(26)28-19(2,3)4/h5,9-11,16H,1,6-8,12-13H2,2-4H3,(H,24,26). The lowest BCUT2D eigenvalue weighted by atomic mass is 10.0. The van der Waals surface area contributed by atoms with E-state index in [1.54, 1.807) is 26.8 Å². The van der Waals surface area contributed by atoms with Gasteiger partial charge in [-0.2, -0.15) is 0 Å². The molecule has 1 fully saturated rings. The number of ether oxygens (including phenoxy) is 2. The Bertz CT molecular complexity index is 699. The van der Waals surface area contributed by atoms with E-state index in [4.69, 9.17) is 4.74 Å². The zero-order valence-electron chi connectivity index (χ0n) is 16.4. The van der Waals surface area contributed by atoms with Crippen molar-refractivity contribution in [3.63, 3.8) is 0 Å². The molecule has 0 spiro atoms. The highest BCUT2D eigenvalue weighted by Gasteiger charge is 2.31. The molecule has 8 heteroatoms. The molecule has 1 aromatic carbocycles. The third kappa shape index (κ3) is 7.80. The minimum atomic E-state index is -4.75. The van der Waals surface area contributed by atoms with Gasteiger partial charge in [-0.3, -0.25) is 4.90 Å². The van der Waals surface area contributed by atoms with Crippen molar-refractivity contribution in [3.05, 3.63) is 35.9 Å². The Morgan fingerprint density at radius 1 is 1.32 bits per heavy atom. The second-order valence-corrected chi connectivity index (χ2v) is 7.88. The van der Waals surface area contributed by atoms with Crippen molar-refractivity contribution in [1.82, 2.24) is 10.2 Å². The number of alkyl carbamates (subject to hydrolysis) is 1. The summed E-state index contributed by atoms with van der Waals surface area (Å²) in [4.78, 5) is 14.1. The molecule has 2 rings (SSSR count). The summed E-state index contributed by atoms with van der Waals surface area (Å²) in [5.74, 6) is -0.264. The first kappa shape index (κ1) is 22.1. The number of amides is 1. The highest BCUT2D eigenvalue weighted by atomic mass is 19.4. The molecule has 1 saturated heterocycles. The summed E-state index contributed by atoms with van der Waals surface area (Å²) in [6, 6.07) is 4.39. The molecule has 1 aliphatic rings. The summed E-state index contributed by atoms with van der Waals surface area (Å²) in [6.45, 7) is 10.8. The van der Waals surface area contributed by atoms with Crippen molar-refractivity contribution in [2.24, 2.45) is 0 Å². The van der Waals surface area contributed by atoms with E-state index in [0.29, 0.717) is 24.2 Å². The van der Waals surface area contributed by atoms with Crippen LogP contribution in [0.2, 0.25) is 0 Å². The number of nitrogens with zero attached hydrogens (tertiary/aromatic N) is 1. The maximum Gasteiger partial charge on any atom is 0.573 e. The maximum atomic E-state index is 12.5. The van der Waals surface area contributed by atoms with Crippen molar-refractivity contribution < 1.29 is 27.4 Å². The summed E-state index contributed by atoms with van der Waals surface area (Å²) >= 11 is 0. The van der Waals surface area contributed by atoms with Crippen molar-refractivity contribution >= 4 is 12.2 Å². The number of hydrogen-bond acceptors (Lipinski definition) is 4. The largest absolute Gasteiger partial charge is 0.573 e. The van der Waals surface area contributed by atoms with Crippen LogP contribution >= 0.6 is 0 Å². The van der Waals surface area contributed by atoms with E-state index in [1.165, 1.54) is 18.2 Å². The van der Waals surface area contributed by atoms with E-state index in [9.17, 15) is 18.0 Å². The van der Waals surface area contributed by atoms with Gasteiger partial charge in [0.25, 0.3) is 0 Å². The number of rotatable bonds is 5. The molecule has 1 amide bonds. The molecule has 1 heterocycles. The number of nitrogens with one attached hydrogen (secondary N) is 1. The predicted octanol–water partition coefficient (Wildman–Crippen LogP) is 4.72. The molecule has 1 atom stereocenters. The van der Waals surface area contributed by atoms with E-state index in [-0.39, 0.29) is 11.8 Å². The summed E-state index contributed by atoms with van der Waals surface area (Å²) in [5, 5.41) is 2.86. The van der Waals surface area contributed by atoms with Crippen LogP contribution in [0.1, 0.15) is 44.7 Å². The van der Waals surface area contributed by atoms with Crippen molar-refractivity contribution in [1.29, 1.82) is 0 Å². The summed E-state index contributed by atoms with van der Waals surface area (Å²) in [5.41, 5.74) is 0.671. The minimum absolute atomic E-state index is 0.0721. The average Bonchev–Trinajstić information content (AvgIpc) is 2.51. The lowest BCUT2D eigenvalue weighted by Gasteiger charge is -2.33. The minimum Gasteiger partial charge on any atom is -0.444 e. The van der Waals surface area contributed by atoms with Crippen LogP contribution in [0.3, 0.4) is 0 Å². The van der Waals surface area contributed by atoms with Gasteiger partial charge >= 0.3 is 12.5 Å². The van der Waals surface area contributed by atoms with E-state index in [1.807, 2.05) is 0 Å². The average molecular weight is 400 g/mol. The first-order chi connectivity index (χ1) is 12.9. The van der Waals surface area contributed by atoms with Crippen LogP contribution < -0.4 is 10.1 Å². The fraction of sp³-hybridized carbons (Fsp3) is 0.550. The molecule has 0 bridgehead atoms. The second kappa shape index (κ2) is 8.86. The Morgan fingerprint density at radius 3 is 2.64 bits per heavy atom. The second-order valence-electron chi connectivity index (χ2n) is 7.88. The Labute approximate surface area is 163 Å². The molecule has 28 heavy (non-hydrogen) atoms. The van der Waals surface area contributed by atoms with Gasteiger partial charge in [0.05, 0.1) is 0 Å². The van der Waals surface area contributed by atoms with Crippen molar-refractivity contribution in [2.45, 2.75) is 58.2 Å². The summed E-state index contributed by atoms with van der Waals surface area (Å²) in [6.07, 6.45) is -2.03. The number of halogens is 3. The molecule has 1 N–H and O–H groups in total. The zero-order valence-corrected chi connectivity index (χ0v) is 16.4. The molecule has 5 nitrogen and oxygen atoms in total. The molecular weight excluding hydrogens is 373 g/mol. The number of carbonyl (C=O) groups excluding carboxylic acids is 1. The monoisotopic (exact) mass is 400 g/mol. The van der Waals surface area contributed by atoms with Crippen LogP contribution in [0.25, 0.3) is 6.08 Å². The Balaban J connectivity index is 2.01. The molecule has 156 valence electrons. The van der Waals surface area contributed by atoms with Crippen LogP contribution in [0.15, 0.2) is 24.8 Å². The van der Waals surface area contributed by atoms with Crippen molar-refractivity contribution in [3.8, 4) is 5.75 Å². The topological polar surface area (TPSA) is 50.8 Å². The maximum absolute atomic E-state index is 12.5. The normalized spacial score (nSPS) is 18.4. The summed E-state index contributed by atoms with van der Waals surface area (Å²) in [7, 11) is 0. The van der Waals surface area contributed by atoms with Gasteiger partial charge in [-0.05, 0) is 63.4 Å². The quantitative estimate of drug-likeness (QED) is 0.777. The Morgan fingerprint density at radius 2 is 2.04 bits per heavy atom. The van der Waals surface area contributed by atoms with Crippen LogP contribution in [0.5, 0.6) is 5.75 Å². The summed E-state index contributed by atoms with van der Waals surface area (Å²) < 4.78 is 47.0. The fourth-order valence-electron chi connectivity index (χ4n) is 3.14. The van der Waals surface area contributed by atoms with Crippen LogP contribution in [-0.2, 0) is 11.3 Å². The molecule has 0 saturated carbocycles. The number of benzene rings is 1. The highest BCUT2D eigenvalue weighted by molar-refractivity contribution is 5.68. The van der Waals surface area contributed by atoms with Gasteiger partial charge in [-0.1, -0.05) is 18.7 Å². The Kier molecular flexibility index (Phi) is 6.98. The third-order valence-electron chi connectivity index (χ3n) is 4.09. The van der Waals surface area contributed by atoms with Crippen LogP contribution in [0, 0.1) is 0 Å². The fourth-order valence-corrected chi connectivity index (χ4v) is 3.14. The number of carbonyl (C=O) groups is 1. The molecule has 1 aliphatic heterocycles. The number of hydrogen-bond donors (Lipinski definition) is 1. The van der Waals surface area contributed by atoms with Crippen molar-refractivity contribution in [2.75, 3.05) is 13.1 Å². The Hall–Kier alpha value is -2.22. The first-order valence-electron chi connectivity index (χ1n) is 9.17. The van der Waals surface area contributed by atoms with Gasteiger partial charge < -0.3 is 14.8 Å². The number of likely N-dealkylation sites (tertiary alicyclic amines) is 1. The van der Waals surface area contributed by atoms with Gasteiger partial charge in [0, 0.05) is 19.1 Å². The predicted molar refractivity (Wildman–Crippen MR) is 101 cm³/mol.